The summed E-state index contributed by atoms with van der Waals surface area (Å²) in [5, 5.41) is 8.75. The molecule has 0 fully saturated rings. The van der Waals surface area contributed by atoms with Crippen molar-refractivity contribution in [1.82, 2.24) is 0 Å². The van der Waals surface area contributed by atoms with E-state index in [9.17, 15) is 4.79 Å². The fourth-order valence-corrected chi connectivity index (χ4v) is 1.36. The zero-order valence-electron chi connectivity index (χ0n) is 8.08. The number of carbonyl (C=O) groups excluding carboxylic acids is 1. The maximum atomic E-state index is 11.5. The summed E-state index contributed by atoms with van der Waals surface area (Å²) in [6, 6.07) is 4.91. The highest BCUT2D eigenvalue weighted by Crippen LogP contribution is 2.28. The molecule has 0 spiro atoms. The molecular formula is C10H9ClN2O2. The van der Waals surface area contributed by atoms with Gasteiger partial charge < -0.3 is 10.5 Å². The van der Waals surface area contributed by atoms with Crippen molar-refractivity contribution in [2.45, 2.75) is 0 Å². The Morgan fingerprint density at radius 1 is 1.67 bits per heavy atom. The van der Waals surface area contributed by atoms with Crippen LogP contribution in [0.5, 0.6) is 5.75 Å². The van der Waals surface area contributed by atoms with E-state index in [1.165, 1.54) is 19.2 Å². The monoisotopic (exact) mass is 224 g/mol. The van der Waals surface area contributed by atoms with Crippen molar-refractivity contribution in [1.29, 1.82) is 5.26 Å². The number of anilines is 1. The third kappa shape index (κ3) is 2.03. The van der Waals surface area contributed by atoms with Gasteiger partial charge in [0, 0.05) is 0 Å². The van der Waals surface area contributed by atoms with Crippen LogP contribution in [0.4, 0.5) is 5.69 Å². The molecule has 2 N–H and O–H groups in total. The molecule has 1 rings (SSSR count). The number of nitrogens with zero attached hydrogens (tertiary/aromatic N) is 1. The minimum absolute atomic E-state index is 0.113. The number of alkyl halides is 1. The number of hydrogen-bond acceptors (Lipinski definition) is 4. The molecule has 0 radical (unpaired) electrons. The SMILES string of the molecule is COc1ccc(C#N)c(N)c1C(=O)CCl. The number of nitrogen functional groups attached to an aromatic ring is 1. The quantitative estimate of drug-likeness (QED) is 0.480. The van der Waals surface area contributed by atoms with Crippen LogP contribution in [-0.4, -0.2) is 18.8 Å². The Morgan fingerprint density at radius 3 is 2.80 bits per heavy atom. The lowest BCUT2D eigenvalue weighted by atomic mass is 10.0. The van der Waals surface area contributed by atoms with Crippen LogP contribution in [0, 0.1) is 11.3 Å². The first-order valence-electron chi connectivity index (χ1n) is 4.11. The Labute approximate surface area is 92.2 Å². The van der Waals surface area contributed by atoms with Crippen LogP contribution < -0.4 is 10.5 Å². The lowest BCUT2D eigenvalue weighted by molar-refractivity contribution is 0.101. The van der Waals surface area contributed by atoms with Crippen molar-refractivity contribution >= 4 is 23.1 Å². The lowest BCUT2D eigenvalue weighted by Crippen LogP contribution is -2.09. The van der Waals surface area contributed by atoms with Crippen LogP contribution in [0.15, 0.2) is 12.1 Å². The van der Waals surface area contributed by atoms with Gasteiger partial charge in [0.05, 0.1) is 29.8 Å². The Kier molecular flexibility index (Phi) is 3.53. The molecule has 1 aromatic rings. The highest BCUT2D eigenvalue weighted by Gasteiger charge is 2.17. The van der Waals surface area contributed by atoms with Gasteiger partial charge in [-0.25, -0.2) is 0 Å². The minimum atomic E-state index is -0.358. The number of carbonyl (C=O) groups is 1. The summed E-state index contributed by atoms with van der Waals surface area (Å²) >= 11 is 5.44. The second-order valence-corrected chi connectivity index (χ2v) is 3.04. The molecule has 0 aliphatic carbocycles. The van der Waals surface area contributed by atoms with Crippen molar-refractivity contribution in [3.63, 3.8) is 0 Å². The largest absolute Gasteiger partial charge is 0.496 e. The summed E-state index contributed by atoms with van der Waals surface area (Å²) in [7, 11) is 1.42. The van der Waals surface area contributed by atoms with Crippen molar-refractivity contribution in [2.75, 3.05) is 18.7 Å². The molecule has 0 bridgehead atoms. The minimum Gasteiger partial charge on any atom is -0.496 e. The highest BCUT2D eigenvalue weighted by molar-refractivity contribution is 6.31. The summed E-state index contributed by atoms with van der Waals surface area (Å²) < 4.78 is 4.98. The molecule has 0 aromatic heterocycles. The Balaban J connectivity index is 3.44. The third-order valence-electron chi connectivity index (χ3n) is 1.95. The molecule has 0 saturated carbocycles. The number of nitrogens with two attached hydrogens (primary N) is 1. The number of nitriles is 1. The van der Waals surface area contributed by atoms with Gasteiger partial charge in [-0.15, -0.1) is 11.6 Å². The molecule has 1 aromatic carbocycles. The molecule has 0 aliphatic heterocycles. The van der Waals surface area contributed by atoms with E-state index in [1.54, 1.807) is 0 Å². The Bertz CT molecular complexity index is 438. The summed E-state index contributed by atoms with van der Waals surface area (Å²) in [5.41, 5.74) is 6.19. The zero-order valence-corrected chi connectivity index (χ0v) is 8.84. The van der Waals surface area contributed by atoms with E-state index in [2.05, 4.69) is 0 Å². The molecule has 0 saturated heterocycles. The Hall–Kier alpha value is -1.73. The fraction of sp³-hybridized carbons (Fsp3) is 0.200. The van der Waals surface area contributed by atoms with E-state index >= 15 is 0 Å². The summed E-state index contributed by atoms with van der Waals surface area (Å²) in [6.07, 6.45) is 0. The van der Waals surface area contributed by atoms with E-state index in [1.807, 2.05) is 6.07 Å². The van der Waals surface area contributed by atoms with Crippen molar-refractivity contribution in [3.05, 3.63) is 23.3 Å². The smallest absolute Gasteiger partial charge is 0.183 e. The van der Waals surface area contributed by atoms with Crippen LogP contribution in [0.25, 0.3) is 0 Å². The van der Waals surface area contributed by atoms with Crippen molar-refractivity contribution in [3.8, 4) is 11.8 Å². The molecule has 0 unspecified atom stereocenters. The molecule has 0 amide bonds. The number of benzene rings is 1. The van der Waals surface area contributed by atoms with Gasteiger partial charge in [0.15, 0.2) is 5.78 Å². The zero-order chi connectivity index (χ0) is 11.4. The van der Waals surface area contributed by atoms with Crippen LogP contribution in [0.1, 0.15) is 15.9 Å². The Morgan fingerprint density at radius 2 is 2.33 bits per heavy atom. The number of hydrogen-bond donors (Lipinski definition) is 1. The van der Waals surface area contributed by atoms with Gasteiger partial charge >= 0.3 is 0 Å². The van der Waals surface area contributed by atoms with Crippen LogP contribution >= 0.6 is 11.6 Å². The molecule has 4 nitrogen and oxygen atoms in total. The van der Waals surface area contributed by atoms with E-state index in [0.29, 0.717) is 5.75 Å². The number of ether oxygens (including phenoxy) is 1. The molecule has 0 heterocycles. The van der Waals surface area contributed by atoms with Crippen molar-refractivity contribution in [2.24, 2.45) is 0 Å². The summed E-state index contributed by atoms with van der Waals surface area (Å²) in [5.74, 6) is -0.226. The molecule has 5 heteroatoms. The predicted molar refractivity (Wildman–Crippen MR) is 57.2 cm³/mol. The number of rotatable bonds is 3. The van der Waals surface area contributed by atoms with Gasteiger partial charge in [-0.2, -0.15) is 5.26 Å². The van der Waals surface area contributed by atoms with Crippen LogP contribution in [0.2, 0.25) is 0 Å². The topological polar surface area (TPSA) is 76.1 Å². The van der Waals surface area contributed by atoms with Crippen molar-refractivity contribution < 1.29 is 9.53 Å². The van der Waals surface area contributed by atoms with Gasteiger partial charge in [0.2, 0.25) is 0 Å². The highest BCUT2D eigenvalue weighted by atomic mass is 35.5. The van der Waals surface area contributed by atoms with E-state index in [0.717, 1.165) is 0 Å². The first-order chi connectivity index (χ1) is 7.15. The van der Waals surface area contributed by atoms with Crippen LogP contribution in [-0.2, 0) is 0 Å². The average molecular weight is 225 g/mol. The molecule has 0 atom stereocenters. The van der Waals surface area contributed by atoms with E-state index in [-0.39, 0.29) is 28.5 Å². The number of ketones is 1. The molecular weight excluding hydrogens is 216 g/mol. The maximum Gasteiger partial charge on any atom is 0.183 e. The van der Waals surface area contributed by atoms with Gasteiger partial charge in [0.25, 0.3) is 0 Å². The van der Waals surface area contributed by atoms with E-state index < -0.39 is 0 Å². The molecule has 0 aliphatic rings. The average Bonchev–Trinajstić information content (AvgIpc) is 2.27. The van der Waals surface area contributed by atoms with Gasteiger partial charge in [-0.05, 0) is 12.1 Å². The third-order valence-corrected chi connectivity index (χ3v) is 2.19. The summed E-state index contributed by atoms with van der Waals surface area (Å²) in [4.78, 5) is 11.5. The lowest BCUT2D eigenvalue weighted by Gasteiger charge is -2.09. The second-order valence-electron chi connectivity index (χ2n) is 2.77. The molecule has 15 heavy (non-hydrogen) atoms. The normalized spacial score (nSPS) is 9.40. The number of Topliss-reactive ketones (excluding diaryl/α,β-unsaturated/α-hetero) is 1. The standard InChI is InChI=1S/C10H9ClN2O2/c1-15-8-3-2-6(5-12)10(13)9(8)7(14)4-11/h2-3H,4,13H2,1H3. The van der Waals surface area contributed by atoms with Crippen LogP contribution in [0.3, 0.4) is 0 Å². The van der Waals surface area contributed by atoms with Gasteiger partial charge in [0.1, 0.15) is 11.8 Å². The first-order valence-corrected chi connectivity index (χ1v) is 4.64. The number of halogens is 1. The molecule has 78 valence electrons. The second kappa shape index (κ2) is 4.67. The predicted octanol–water partition coefficient (Wildman–Crippen LogP) is 1.57. The fourth-order valence-electron chi connectivity index (χ4n) is 1.22. The maximum absolute atomic E-state index is 11.5. The van der Waals surface area contributed by atoms with Gasteiger partial charge in [-0.3, -0.25) is 4.79 Å². The van der Waals surface area contributed by atoms with Gasteiger partial charge in [-0.1, -0.05) is 0 Å². The number of methoxy groups -OCH3 is 1. The summed E-state index contributed by atoms with van der Waals surface area (Å²) in [6.45, 7) is 0. The van der Waals surface area contributed by atoms with E-state index in [4.69, 9.17) is 27.3 Å². The first kappa shape index (κ1) is 11.3.